The van der Waals surface area contributed by atoms with Crippen molar-refractivity contribution in [3.05, 3.63) is 130 Å². The summed E-state index contributed by atoms with van der Waals surface area (Å²) in [6, 6.07) is 35.8. The Kier molecular flexibility index (Phi) is 11.7. The number of hydrazone groups is 2. The molecule has 0 radical (unpaired) electrons. The van der Waals surface area contributed by atoms with E-state index in [0.717, 1.165) is 44.7 Å². The maximum atomic E-state index is 13.3. The lowest BCUT2D eigenvalue weighted by Crippen LogP contribution is -2.17. The molecule has 9 heteroatoms. The first kappa shape index (κ1) is 32.8. The number of carbonyl (C=O) groups excluding carboxylic acids is 2. The maximum Gasteiger partial charge on any atom is 0.285 e. The summed E-state index contributed by atoms with van der Waals surface area (Å²) in [6.07, 6.45) is 4.54. The Hall–Kier alpha value is -5.54. The van der Waals surface area contributed by atoms with Gasteiger partial charge in [0.05, 0.1) is 25.6 Å². The molecule has 4 aromatic carbocycles. The number of nitrogens with one attached hydrogen (secondary N) is 2. The minimum absolute atomic E-state index is 0.187. The van der Waals surface area contributed by atoms with Crippen LogP contribution in [0.4, 0.5) is 0 Å². The third-order valence-corrected chi connectivity index (χ3v) is 8.08. The number of thiophene rings is 1. The van der Waals surface area contributed by atoms with Gasteiger partial charge in [0.15, 0.2) is 11.5 Å². The maximum absolute atomic E-state index is 13.3. The molecular weight excluding hydrogens is 609 g/mol. The van der Waals surface area contributed by atoms with E-state index in [4.69, 9.17) is 9.47 Å². The second-order valence-electron chi connectivity index (χ2n) is 10.5. The Labute approximate surface area is 278 Å². The van der Waals surface area contributed by atoms with E-state index >= 15 is 0 Å². The van der Waals surface area contributed by atoms with E-state index in [2.05, 4.69) is 21.1 Å². The van der Waals surface area contributed by atoms with E-state index in [9.17, 15) is 9.59 Å². The van der Waals surface area contributed by atoms with Gasteiger partial charge in [-0.05, 0) is 46.2 Å². The smallest absolute Gasteiger partial charge is 0.285 e. The van der Waals surface area contributed by atoms with Gasteiger partial charge in [0, 0.05) is 0 Å². The highest BCUT2D eigenvalue weighted by molar-refractivity contribution is 7.16. The van der Waals surface area contributed by atoms with Crippen LogP contribution < -0.4 is 20.3 Å². The van der Waals surface area contributed by atoms with Gasteiger partial charge in [-0.25, -0.2) is 10.9 Å². The third-order valence-electron chi connectivity index (χ3n) is 6.93. The summed E-state index contributed by atoms with van der Waals surface area (Å²) in [5.74, 6) is -0.590. The van der Waals surface area contributed by atoms with Crippen LogP contribution in [-0.4, -0.2) is 37.5 Å². The molecule has 0 aliphatic rings. The van der Waals surface area contributed by atoms with Gasteiger partial charge in [-0.15, -0.1) is 11.3 Å². The SMILES string of the molecule is CCCOc1c(C(=O)N/N=C/c2ccc(-c3ccccc3)cc2)sc(C(=O)N/N=C/c2ccc(-c3ccccc3)cc2)c1OCCC. The number of nitrogens with zero attached hydrogens (tertiary/aromatic N) is 2. The highest BCUT2D eigenvalue weighted by Crippen LogP contribution is 2.43. The quantitative estimate of drug-likeness (QED) is 0.0940. The van der Waals surface area contributed by atoms with Crippen molar-refractivity contribution in [2.45, 2.75) is 26.7 Å². The van der Waals surface area contributed by atoms with Gasteiger partial charge in [-0.1, -0.05) is 123 Å². The molecule has 0 saturated carbocycles. The molecule has 0 atom stereocenters. The van der Waals surface area contributed by atoms with Crippen molar-refractivity contribution in [1.29, 1.82) is 0 Å². The molecule has 1 aromatic heterocycles. The van der Waals surface area contributed by atoms with Crippen LogP contribution in [0.2, 0.25) is 0 Å². The normalized spacial score (nSPS) is 11.1. The fourth-order valence-corrected chi connectivity index (χ4v) is 5.56. The molecule has 1 heterocycles. The Bertz CT molecular complexity index is 1680. The minimum atomic E-state index is -0.513. The zero-order chi connectivity index (χ0) is 32.8. The highest BCUT2D eigenvalue weighted by atomic mass is 32.1. The van der Waals surface area contributed by atoms with Crippen LogP contribution in [0, 0.1) is 0 Å². The molecule has 5 aromatic rings. The number of rotatable bonds is 14. The van der Waals surface area contributed by atoms with E-state index in [1.165, 1.54) is 0 Å². The third kappa shape index (κ3) is 8.80. The van der Waals surface area contributed by atoms with E-state index in [1.807, 2.05) is 123 Å². The van der Waals surface area contributed by atoms with Crippen molar-refractivity contribution >= 4 is 35.6 Å². The van der Waals surface area contributed by atoms with Gasteiger partial charge >= 0.3 is 0 Å². The molecule has 0 spiro atoms. The second kappa shape index (κ2) is 16.7. The van der Waals surface area contributed by atoms with Gasteiger partial charge in [0.25, 0.3) is 11.8 Å². The van der Waals surface area contributed by atoms with Crippen molar-refractivity contribution in [3.8, 4) is 33.8 Å². The van der Waals surface area contributed by atoms with E-state index in [0.29, 0.717) is 26.1 Å². The van der Waals surface area contributed by atoms with Gasteiger partial charge in [-0.3, -0.25) is 9.59 Å². The Morgan fingerprint density at radius 1 is 0.574 bits per heavy atom. The second-order valence-corrected chi connectivity index (χ2v) is 11.5. The number of hydrogen-bond acceptors (Lipinski definition) is 7. The molecule has 8 nitrogen and oxygen atoms in total. The standard InChI is InChI=1S/C38H36N4O4S/c1-3-23-45-33-34(46-24-4-2)36(38(44)42-40-26-28-17-21-32(22-18-28)30-13-9-6-10-14-30)47-35(33)37(43)41-39-25-27-15-19-31(20-16-27)29-11-7-5-8-12-29/h5-22,25-26H,3-4,23-24H2,1-2H3,(H,41,43)(H,42,44)/b39-25+,40-26+. The summed E-state index contributed by atoms with van der Waals surface area (Å²) < 4.78 is 11.9. The predicted molar refractivity (Wildman–Crippen MR) is 190 cm³/mol. The number of benzene rings is 4. The number of hydrogen-bond donors (Lipinski definition) is 2. The zero-order valence-corrected chi connectivity index (χ0v) is 27.1. The minimum Gasteiger partial charge on any atom is -0.488 e. The zero-order valence-electron chi connectivity index (χ0n) is 26.3. The number of ether oxygens (including phenoxy) is 2. The monoisotopic (exact) mass is 644 g/mol. The molecular formula is C38H36N4O4S. The lowest BCUT2D eigenvalue weighted by atomic mass is 10.0. The first-order valence-corrected chi connectivity index (χ1v) is 16.3. The molecule has 0 fully saturated rings. The van der Waals surface area contributed by atoms with Crippen LogP contribution >= 0.6 is 11.3 Å². The molecule has 0 aliphatic heterocycles. The molecule has 238 valence electrons. The molecule has 0 bridgehead atoms. The Morgan fingerprint density at radius 2 is 0.936 bits per heavy atom. The van der Waals surface area contributed by atoms with Crippen molar-refractivity contribution in [1.82, 2.24) is 10.9 Å². The van der Waals surface area contributed by atoms with Crippen LogP contribution in [0.15, 0.2) is 119 Å². The first-order chi connectivity index (χ1) is 23.1. The summed E-state index contributed by atoms with van der Waals surface area (Å²) in [6.45, 7) is 4.60. The fourth-order valence-electron chi connectivity index (χ4n) is 4.59. The van der Waals surface area contributed by atoms with Crippen LogP contribution in [-0.2, 0) is 0 Å². The average molecular weight is 645 g/mol. The molecule has 0 unspecified atom stereocenters. The summed E-state index contributed by atoms with van der Waals surface area (Å²) in [7, 11) is 0. The number of carbonyl (C=O) groups is 2. The van der Waals surface area contributed by atoms with Gasteiger partial charge < -0.3 is 9.47 Å². The van der Waals surface area contributed by atoms with E-state index in [-0.39, 0.29) is 21.3 Å². The van der Waals surface area contributed by atoms with E-state index in [1.54, 1.807) is 12.4 Å². The van der Waals surface area contributed by atoms with Gasteiger partial charge in [-0.2, -0.15) is 10.2 Å². The van der Waals surface area contributed by atoms with Crippen LogP contribution in [0.5, 0.6) is 11.5 Å². The molecule has 5 rings (SSSR count). The first-order valence-electron chi connectivity index (χ1n) is 15.5. The molecule has 2 amide bonds. The van der Waals surface area contributed by atoms with Crippen LogP contribution in [0.1, 0.15) is 57.2 Å². The van der Waals surface area contributed by atoms with Crippen molar-refractivity contribution in [3.63, 3.8) is 0 Å². The van der Waals surface area contributed by atoms with Gasteiger partial charge in [0.1, 0.15) is 9.75 Å². The fraction of sp³-hybridized carbons (Fsp3) is 0.158. The largest absolute Gasteiger partial charge is 0.488 e. The van der Waals surface area contributed by atoms with E-state index < -0.39 is 11.8 Å². The van der Waals surface area contributed by atoms with Gasteiger partial charge in [0.2, 0.25) is 0 Å². The molecule has 2 N–H and O–H groups in total. The Morgan fingerprint density at radius 3 is 1.30 bits per heavy atom. The number of amides is 2. The summed E-state index contributed by atoms with van der Waals surface area (Å²) in [5.41, 5.74) is 11.2. The molecule has 0 saturated heterocycles. The summed E-state index contributed by atoms with van der Waals surface area (Å²) in [5, 5.41) is 8.32. The van der Waals surface area contributed by atoms with Crippen molar-refractivity contribution in [2.75, 3.05) is 13.2 Å². The summed E-state index contributed by atoms with van der Waals surface area (Å²) >= 11 is 0.973. The Balaban J connectivity index is 1.30. The average Bonchev–Trinajstić information content (AvgIpc) is 3.49. The van der Waals surface area contributed by atoms with Crippen molar-refractivity contribution in [2.24, 2.45) is 10.2 Å². The molecule has 0 aliphatic carbocycles. The molecule has 47 heavy (non-hydrogen) atoms. The van der Waals surface area contributed by atoms with Crippen molar-refractivity contribution < 1.29 is 19.1 Å². The summed E-state index contributed by atoms with van der Waals surface area (Å²) in [4.78, 5) is 27.0. The predicted octanol–water partition coefficient (Wildman–Crippen LogP) is 8.19. The van der Waals surface area contributed by atoms with Crippen LogP contribution in [0.3, 0.4) is 0 Å². The van der Waals surface area contributed by atoms with Crippen LogP contribution in [0.25, 0.3) is 22.3 Å². The highest BCUT2D eigenvalue weighted by Gasteiger charge is 2.29. The topological polar surface area (TPSA) is 101 Å². The lowest BCUT2D eigenvalue weighted by molar-refractivity contribution is 0.0945. The lowest BCUT2D eigenvalue weighted by Gasteiger charge is -2.10.